The molecule has 0 radical (unpaired) electrons. The van der Waals surface area contributed by atoms with Crippen molar-refractivity contribution in [3.63, 3.8) is 0 Å². The molecule has 1 aromatic rings. The van der Waals surface area contributed by atoms with Gasteiger partial charge in [0.2, 0.25) is 0 Å². The summed E-state index contributed by atoms with van der Waals surface area (Å²) >= 11 is 5.87. The quantitative estimate of drug-likeness (QED) is 0.828. The SMILES string of the molecule is CCC(NC(C)C(F)F)c1cccc(Cl)c1. The molecule has 90 valence electrons. The highest BCUT2D eigenvalue weighted by Gasteiger charge is 2.19. The van der Waals surface area contributed by atoms with E-state index in [0.29, 0.717) is 5.02 Å². The summed E-state index contributed by atoms with van der Waals surface area (Å²) in [5.41, 5.74) is 0.947. The molecule has 0 spiro atoms. The molecule has 0 amide bonds. The van der Waals surface area contributed by atoms with E-state index in [1.165, 1.54) is 6.92 Å². The first kappa shape index (κ1) is 13.4. The minimum Gasteiger partial charge on any atom is -0.302 e. The van der Waals surface area contributed by atoms with E-state index in [-0.39, 0.29) is 6.04 Å². The van der Waals surface area contributed by atoms with E-state index in [0.717, 1.165) is 12.0 Å². The zero-order valence-electron chi connectivity index (χ0n) is 9.38. The van der Waals surface area contributed by atoms with E-state index in [1.807, 2.05) is 19.1 Å². The Kier molecular flexibility index (Phi) is 5.16. The molecule has 0 aromatic heterocycles. The molecule has 1 N–H and O–H groups in total. The third-order valence-corrected chi connectivity index (χ3v) is 2.74. The third-order valence-electron chi connectivity index (χ3n) is 2.50. The van der Waals surface area contributed by atoms with Crippen LogP contribution in [0, 0.1) is 0 Å². The van der Waals surface area contributed by atoms with E-state index in [9.17, 15) is 8.78 Å². The van der Waals surface area contributed by atoms with Crippen molar-refractivity contribution in [1.29, 1.82) is 0 Å². The van der Waals surface area contributed by atoms with Crippen molar-refractivity contribution >= 4 is 11.6 Å². The van der Waals surface area contributed by atoms with Gasteiger partial charge in [-0.1, -0.05) is 30.7 Å². The van der Waals surface area contributed by atoms with Crippen LogP contribution < -0.4 is 5.32 Å². The Bertz CT molecular complexity index is 331. The Morgan fingerprint density at radius 1 is 1.38 bits per heavy atom. The molecule has 1 nitrogen and oxygen atoms in total. The fourth-order valence-corrected chi connectivity index (χ4v) is 1.76. The molecule has 0 bridgehead atoms. The molecule has 0 heterocycles. The standard InChI is InChI=1S/C12H16ClF2N/c1-3-11(16-8(2)12(14)15)9-5-4-6-10(13)7-9/h4-8,11-12,16H,3H2,1-2H3. The van der Waals surface area contributed by atoms with Gasteiger partial charge in [0.15, 0.2) is 0 Å². The molecular formula is C12H16ClF2N. The lowest BCUT2D eigenvalue weighted by atomic mass is 10.0. The van der Waals surface area contributed by atoms with Gasteiger partial charge in [-0.15, -0.1) is 0 Å². The lowest BCUT2D eigenvalue weighted by Crippen LogP contribution is -2.35. The topological polar surface area (TPSA) is 12.0 Å². The van der Waals surface area contributed by atoms with Gasteiger partial charge in [-0.25, -0.2) is 8.78 Å². The Labute approximate surface area is 99.8 Å². The van der Waals surface area contributed by atoms with E-state index in [4.69, 9.17) is 11.6 Å². The number of rotatable bonds is 5. The second-order valence-corrected chi connectivity index (χ2v) is 4.24. The number of benzene rings is 1. The third kappa shape index (κ3) is 3.72. The highest BCUT2D eigenvalue weighted by molar-refractivity contribution is 6.30. The Balaban J connectivity index is 2.74. The van der Waals surface area contributed by atoms with Gasteiger partial charge in [-0.2, -0.15) is 0 Å². The predicted molar refractivity (Wildman–Crippen MR) is 63.1 cm³/mol. The highest BCUT2D eigenvalue weighted by Crippen LogP contribution is 2.21. The molecule has 0 aliphatic heterocycles. The van der Waals surface area contributed by atoms with Crippen LogP contribution in [0.4, 0.5) is 8.78 Å². The van der Waals surface area contributed by atoms with E-state index in [2.05, 4.69) is 5.32 Å². The smallest absolute Gasteiger partial charge is 0.253 e. The highest BCUT2D eigenvalue weighted by atomic mass is 35.5. The van der Waals surface area contributed by atoms with Crippen LogP contribution in [0.2, 0.25) is 5.02 Å². The van der Waals surface area contributed by atoms with Crippen molar-refractivity contribution < 1.29 is 8.78 Å². The Hall–Kier alpha value is -0.670. The van der Waals surface area contributed by atoms with Gasteiger partial charge in [0.25, 0.3) is 6.43 Å². The van der Waals surface area contributed by atoms with Crippen LogP contribution in [0.1, 0.15) is 31.9 Å². The summed E-state index contributed by atoms with van der Waals surface area (Å²) < 4.78 is 24.9. The number of hydrogen-bond acceptors (Lipinski definition) is 1. The molecule has 0 saturated carbocycles. The number of alkyl halides is 2. The first-order valence-electron chi connectivity index (χ1n) is 5.34. The number of hydrogen-bond donors (Lipinski definition) is 1. The Morgan fingerprint density at radius 3 is 2.56 bits per heavy atom. The first-order chi connectivity index (χ1) is 7.54. The number of nitrogens with one attached hydrogen (secondary N) is 1. The number of halogens is 3. The van der Waals surface area contributed by atoms with Crippen LogP contribution >= 0.6 is 11.6 Å². The molecule has 1 rings (SSSR count). The van der Waals surface area contributed by atoms with Gasteiger partial charge in [-0.3, -0.25) is 0 Å². The summed E-state index contributed by atoms with van der Waals surface area (Å²) in [6, 6.07) is 6.40. The molecule has 0 aliphatic carbocycles. The summed E-state index contributed by atoms with van der Waals surface area (Å²) in [4.78, 5) is 0. The summed E-state index contributed by atoms with van der Waals surface area (Å²) in [5, 5.41) is 3.53. The largest absolute Gasteiger partial charge is 0.302 e. The average Bonchev–Trinajstić information content (AvgIpc) is 2.25. The summed E-state index contributed by atoms with van der Waals surface area (Å²) in [6.45, 7) is 3.44. The summed E-state index contributed by atoms with van der Waals surface area (Å²) in [5.74, 6) is 0. The lowest BCUT2D eigenvalue weighted by Gasteiger charge is -2.22. The van der Waals surface area contributed by atoms with Gasteiger partial charge < -0.3 is 5.32 Å². The van der Waals surface area contributed by atoms with Crippen LogP contribution in [0.5, 0.6) is 0 Å². The summed E-state index contributed by atoms with van der Waals surface area (Å²) in [7, 11) is 0. The molecule has 4 heteroatoms. The summed E-state index contributed by atoms with van der Waals surface area (Å²) in [6.07, 6.45) is -1.61. The molecular weight excluding hydrogens is 232 g/mol. The fourth-order valence-electron chi connectivity index (χ4n) is 1.56. The van der Waals surface area contributed by atoms with Crippen LogP contribution in [0.3, 0.4) is 0 Å². The van der Waals surface area contributed by atoms with E-state index in [1.54, 1.807) is 12.1 Å². The van der Waals surface area contributed by atoms with Gasteiger partial charge >= 0.3 is 0 Å². The van der Waals surface area contributed by atoms with Crippen molar-refractivity contribution in [2.24, 2.45) is 0 Å². The molecule has 2 unspecified atom stereocenters. The van der Waals surface area contributed by atoms with Crippen molar-refractivity contribution in [3.05, 3.63) is 34.9 Å². The second kappa shape index (κ2) is 6.16. The minimum atomic E-state index is -2.35. The normalized spacial score (nSPS) is 15.1. The predicted octanol–water partition coefficient (Wildman–Crippen LogP) is 4.03. The van der Waals surface area contributed by atoms with Gasteiger partial charge in [-0.05, 0) is 31.0 Å². The monoisotopic (exact) mass is 247 g/mol. The van der Waals surface area contributed by atoms with Crippen molar-refractivity contribution in [2.45, 2.75) is 38.8 Å². The lowest BCUT2D eigenvalue weighted by molar-refractivity contribution is 0.0995. The van der Waals surface area contributed by atoms with Crippen molar-refractivity contribution in [2.75, 3.05) is 0 Å². The van der Waals surface area contributed by atoms with E-state index >= 15 is 0 Å². The molecule has 16 heavy (non-hydrogen) atoms. The Morgan fingerprint density at radius 2 is 2.06 bits per heavy atom. The second-order valence-electron chi connectivity index (χ2n) is 3.81. The van der Waals surface area contributed by atoms with Gasteiger partial charge in [0.1, 0.15) is 0 Å². The van der Waals surface area contributed by atoms with E-state index < -0.39 is 12.5 Å². The maximum atomic E-state index is 12.4. The van der Waals surface area contributed by atoms with Crippen LogP contribution in [0.25, 0.3) is 0 Å². The average molecular weight is 248 g/mol. The zero-order chi connectivity index (χ0) is 12.1. The van der Waals surface area contributed by atoms with Gasteiger partial charge in [0, 0.05) is 11.1 Å². The molecule has 0 fully saturated rings. The first-order valence-corrected chi connectivity index (χ1v) is 5.72. The van der Waals surface area contributed by atoms with Crippen molar-refractivity contribution in [1.82, 2.24) is 5.32 Å². The molecule has 1 aromatic carbocycles. The molecule has 0 saturated heterocycles. The zero-order valence-corrected chi connectivity index (χ0v) is 10.1. The van der Waals surface area contributed by atoms with Crippen LogP contribution in [0.15, 0.2) is 24.3 Å². The van der Waals surface area contributed by atoms with Gasteiger partial charge in [0.05, 0.1) is 6.04 Å². The maximum absolute atomic E-state index is 12.4. The maximum Gasteiger partial charge on any atom is 0.253 e. The molecule has 0 aliphatic rings. The van der Waals surface area contributed by atoms with Crippen LogP contribution in [-0.4, -0.2) is 12.5 Å². The molecule has 2 atom stereocenters. The van der Waals surface area contributed by atoms with Crippen molar-refractivity contribution in [3.8, 4) is 0 Å². The van der Waals surface area contributed by atoms with Crippen LogP contribution in [-0.2, 0) is 0 Å². The fraction of sp³-hybridized carbons (Fsp3) is 0.500. The minimum absolute atomic E-state index is 0.0808.